The summed E-state index contributed by atoms with van der Waals surface area (Å²) < 4.78 is 10.9. The number of nitrogens with one attached hydrogen (secondary N) is 1. The number of aryl methyl sites for hydroxylation is 1. The van der Waals surface area contributed by atoms with E-state index in [2.05, 4.69) is 18.3 Å². The van der Waals surface area contributed by atoms with Gasteiger partial charge in [0.15, 0.2) is 0 Å². The summed E-state index contributed by atoms with van der Waals surface area (Å²) in [6.45, 7) is 4.88. The van der Waals surface area contributed by atoms with E-state index >= 15 is 0 Å². The molecule has 0 saturated heterocycles. The Labute approximate surface area is 126 Å². The zero-order chi connectivity index (χ0) is 15.1. The minimum Gasteiger partial charge on any atom is -0.494 e. The number of carbonyl (C=O) groups is 1. The minimum absolute atomic E-state index is 0.171. The summed E-state index contributed by atoms with van der Waals surface area (Å²) >= 11 is 0. The van der Waals surface area contributed by atoms with Gasteiger partial charge in [-0.2, -0.15) is 0 Å². The third-order valence-electron chi connectivity index (χ3n) is 3.57. The highest BCUT2D eigenvalue weighted by Gasteiger charge is 2.29. The monoisotopic (exact) mass is 291 g/mol. The van der Waals surface area contributed by atoms with Crippen molar-refractivity contribution >= 4 is 5.97 Å². The molecule has 1 aromatic rings. The lowest BCUT2D eigenvalue weighted by Crippen LogP contribution is -2.40. The number of esters is 1. The molecule has 1 saturated carbocycles. The topological polar surface area (TPSA) is 47.6 Å². The molecule has 1 aliphatic carbocycles. The molecular formula is C17H25NO3. The molecule has 1 unspecified atom stereocenters. The SMILES string of the molecule is CCOC(=O)C(CCOc1cccc(CC)c1)NC1CC1. The third-order valence-corrected chi connectivity index (χ3v) is 3.57. The fourth-order valence-corrected chi connectivity index (χ4v) is 2.20. The van der Waals surface area contributed by atoms with Gasteiger partial charge in [-0.05, 0) is 43.9 Å². The van der Waals surface area contributed by atoms with Gasteiger partial charge in [0.2, 0.25) is 0 Å². The molecule has 0 heterocycles. The lowest BCUT2D eigenvalue weighted by atomic mass is 10.1. The van der Waals surface area contributed by atoms with Crippen LogP contribution >= 0.6 is 0 Å². The van der Waals surface area contributed by atoms with E-state index in [9.17, 15) is 4.79 Å². The second kappa shape index (κ2) is 8.03. The predicted octanol–water partition coefficient (Wildman–Crippen LogP) is 2.70. The normalized spacial score (nSPS) is 15.5. The molecule has 1 atom stereocenters. The molecule has 0 aromatic heterocycles. The molecule has 0 spiro atoms. The second-order valence-electron chi connectivity index (χ2n) is 5.38. The van der Waals surface area contributed by atoms with Gasteiger partial charge in [0.05, 0.1) is 13.2 Å². The van der Waals surface area contributed by atoms with Crippen LogP contribution in [0.5, 0.6) is 5.75 Å². The fourth-order valence-electron chi connectivity index (χ4n) is 2.20. The first-order valence-electron chi connectivity index (χ1n) is 7.87. The molecule has 21 heavy (non-hydrogen) atoms. The van der Waals surface area contributed by atoms with E-state index in [0.717, 1.165) is 25.0 Å². The van der Waals surface area contributed by atoms with Gasteiger partial charge in [-0.3, -0.25) is 4.79 Å². The van der Waals surface area contributed by atoms with E-state index in [0.29, 0.717) is 25.7 Å². The van der Waals surface area contributed by atoms with Gasteiger partial charge in [-0.15, -0.1) is 0 Å². The molecule has 0 radical (unpaired) electrons. The van der Waals surface area contributed by atoms with Crippen LogP contribution in [0.2, 0.25) is 0 Å². The van der Waals surface area contributed by atoms with Crippen molar-refractivity contribution in [1.29, 1.82) is 0 Å². The quantitative estimate of drug-likeness (QED) is 0.711. The maximum Gasteiger partial charge on any atom is 0.323 e. The second-order valence-corrected chi connectivity index (χ2v) is 5.38. The highest BCUT2D eigenvalue weighted by Crippen LogP contribution is 2.20. The van der Waals surface area contributed by atoms with Crippen molar-refractivity contribution in [3.63, 3.8) is 0 Å². The first-order chi connectivity index (χ1) is 10.2. The Bertz CT molecular complexity index is 457. The Hall–Kier alpha value is -1.55. The maximum absolute atomic E-state index is 11.9. The van der Waals surface area contributed by atoms with Crippen LogP contribution in [0.15, 0.2) is 24.3 Å². The van der Waals surface area contributed by atoms with Crippen molar-refractivity contribution in [2.75, 3.05) is 13.2 Å². The molecular weight excluding hydrogens is 266 g/mol. The summed E-state index contributed by atoms with van der Waals surface area (Å²) in [5.74, 6) is 0.693. The Balaban J connectivity index is 1.81. The maximum atomic E-state index is 11.9. The smallest absolute Gasteiger partial charge is 0.323 e. The Morgan fingerprint density at radius 3 is 2.86 bits per heavy atom. The predicted molar refractivity (Wildman–Crippen MR) is 82.5 cm³/mol. The van der Waals surface area contributed by atoms with Crippen LogP contribution in [0.25, 0.3) is 0 Å². The average molecular weight is 291 g/mol. The third kappa shape index (κ3) is 5.38. The fraction of sp³-hybridized carbons (Fsp3) is 0.588. The van der Waals surface area contributed by atoms with Crippen molar-refractivity contribution in [1.82, 2.24) is 5.32 Å². The van der Waals surface area contributed by atoms with Crippen molar-refractivity contribution in [3.8, 4) is 5.75 Å². The van der Waals surface area contributed by atoms with Gasteiger partial charge in [-0.25, -0.2) is 0 Å². The minimum atomic E-state index is -0.258. The van der Waals surface area contributed by atoms with Crippen molar-refractivity contribution in [2.45, 2.75) is 51.6 Å². The van der Waals surface area contributed by atoms with Crippen LogP contribution in [-0.2, 0) is 16.0 Å². The van der Waals surface area contributed by atoms with Crippen LogP contribution in [0.4, 0.5) is 0 Å². The average Bonchev–Trinajstić information content (AvgIpc) is 3.31. The molecule has 0 bridgehead atoms. The van der Waals surface area contributed by atoms with E-state index in [1.807, 2.05) is 25.1 Å². The van der Waals surface area contributed by atoms with Gasteiger partial charge in [-0.1, -0.05) is 19.1 Å². The van der Waals surface area contributed by atoms with Crippen molar-refractivity contribution in [3.05, 3.63) is 29.8 Å². The lowest BCUT2D eigenvalue weighted by molar-refractivity contribution is -0.146. The highest BCUT2D eigenvalue weighted by atomic mass is 16.5. The van der Waals surface area contributed by atoms with Crippen LogP contribution in [-0.4, -0.2) is 31.3 Å². The van der Waals surface area contributed by atoms with Crippen LogP contribution in [0, 0.1) is 0 Å². The van der Waals surface area contributed by atoms with Gasteiger partial charge >= 0.3 is 5.97 Å². The summed E-state index contributed by atoms with van der Waals surface area (Å²) in [6, 6.07) is 8.30. The van der Waals surface area contributed by atoms with E-state index in [1.165, 1.54) is 5.56 Å². The number of rotatable bonds is 9. The summed E-state index contributed by atoms with van der Waals surface area (Å²) in [5.41, 5.74) is 1.26. The Kier molecular flexibility index (Phi) is 6.05. The number of ether oxygens (including phenoxy) is 2. The standard InChI is InChI=1S/C17H25NO3/c1-3-13-6-5-7-15(12-13)21-11-10-16(17(19)20-4-2)18-14-8-9-14/h5-7,12,14,16,18H,3-4,8-11H2,1-2H3. The van der Waals surface area contributed by atoms with Crippen molar-refractivity contribution < 1.29 is 14.3 Å². The number of benzene rings is 1. The molecule has 4 nitrogen and oxygen atoms in total. The summed E-state index contributed by atoms with van der Waals surface area (Å²) in [5, 5.41) is 3.33. The van der Waals surface area contributed by atoms with E-state index in [4.69, 9.17) is 9.47 Å². The number of hydrogen-bond donors (Lipinski definition) is 1. The molecule has 1 aromatic carbocycles. The highest BCUT2D eigenvalue weighted by molar-refractivity contribution is 5.75. The van der Waals surface area contributed by atoms with Crippen LogP contribution < -0.4 is 10.1 Å². The zero-order valence-electron chi connectivity index (χ0n) is 12.9. The molecule has 0 aliphatic heterocycles. The molecule has 1 aliphatic rings. The lowest BCUT2D eigenvalue weighted by Gasteiger charge is -2.17. The van der Waals surface area contributed by atoms with Crippen molar-refractivity contribution in [2.24, 2.45) is 0 Å². The van der Waals surface area contributed by atoms with Gasteiger partial charge in [0.25, 0.3) is 0 Å². The molecule has 0 amide bonds. The van der Waals surface area contributed by atoms with Gasteiger partial charge in [0, 0.05) is 12.5 Å². The Morgan fingerprint density at radius 2 is 2.19 bits per heavy atom. The molecule has 1 fully saturated rings. The van der Waals surface area contributed by atoms with E-state index in [-0.39, 0.29) is 12.0 Å². The summed E-state index contributed by atoms with van der Waals surface area (Å²) in [4.78, 5) is 11.9. The summed E-state index contributed by atoms with van der Waals surface area (Å²) in [7, 11) is 0. The van der Waals surface area contributed by atoms with E-state index in [1.54, 1.807) is 0 Å². The number of hydrogen-bond acceptors (Lipinski definition) is 4. The first kappa shape index (κ1) is 15.8. The largest absolute Gasteiger partial charge is 0.494 e. The van der Waals surface area contributed by atoms with E-state index < -0.39 is 0 Å². The van der Waals surface area contributed by atoms with Crippen LogP contribution in [0.1, 0.15) is 38.7 Å². The number of carbonyl (C=O) groups excluding carboxylic acids is 1. The summed E-state index contributed by atoms with van der Waals surface area (Å²) in [6.07, 6.45) is 3.92. The zero-order valence-corrected chi connectivity index (χ0v) is 12.9. The molecule has 4 heteroatoms. The molecule has 1 N–H and O–H groups in total. The Morgan fingerprint density at radius 1 is 1.38 bits per heavy atom. The van der Waals surface area contributed by atoms with Gasteiger partial charge < -0.3 is 14.8 Å². The molecule has 2 rings (SSSR count). The first-order valence-corrected chi connectivity index (χ1v) is 7.87. The van der Waals surface area contributed by atoms with Gasteiger partial charge in [0.1, 0.15) is 11.8 Å². The molecule has 116 valence electrons. The van der Waals surface area contributed by atoms with Crippen LogP contribution in [0.3, 0.4) is 0 Å².